The molecule has 0 fully saturated rings. The second-order valence-corrected chi connectivity index (χ2v) is 12.9. The van der Waals surface area contributed by atoms with Gasteiger partial charge in [0.2, 0.25) is 0 Å². The molecule has 0 radical (unpaired) electrons. The maximum atomic E-state index is 6.53. The predicted molar refractivity (Wildman–Crippen MR) is 212 cm³/mol. The normalized spacial score (nSPS) is 11.5. The third-order valence-electron chi connectivity index (χ3n) is 9.90. The summed E-state index contributed by atoms with van der Waals surface area (Å²) in [6.07, 6.45) is 0. The van der Waals surface area contributed by atoms with E-state index in [9.17, 15) is 0 Å². The van der Waals surface area contributed by atoms with Gasteiger partial charge in [-0.05, 0) is 76.3 Å². The Balaban J connectivity index is 1.28. The van der Waals surface area contributed by atoms with Crippen molar-refractivity contribution in [3.8, 4) is 33.4 Å². The van der Waals surface area contributed by atoms with E-state index in [1.165, 1.54) is 5.56 Å². The van der Waals surface area contributed by atoms with E-state index >= 15 is 0 Å². The van der Waals surface area contributed by atoms with E-state index < -0.39 is 0 Å². The van der Waals surface area contributed by atoms with Gasteiger partial charge in [0.25, 0.3) is 0 Å². The third kappa shape index (κ3) is 4.90. The summed E-state index contributed by atoms with van der Waals surface area (Å²) in [5.41, 5.74) is 13.4. The molecule has 0 saturated heterocycles. The summed E-state index contributed by atoms with van der Waals surface area (Å²) in [7, 11) is 0. The van der Waals surface area contributed by atoms with E-state index in [4.69, 9.17) is 8.83 Å². The van der Waals surface area contributed by atoms with Crippen LogP contribution in [0.5, 0.6) is 0 Å². The zero-order valence-electron chi connectivity index (χ0n) is 27.7. The summed E-state index contributed by atoms with van der Waals surface area (Å²) in [5.74, 6) is 0. The molecule has 0 unspecified atom stereocenters. The van der Waals surface area contributed by atoms with Crippen LogP contribution in [0.1, 0.15) is 0 Å². The average molecular weight is 654 g/mol. The Morgan fingerprint density at radius 2 is 0.882 bits per heavy atom. The van der Waals surface area contributed by atoms with Gasteiger partial charge in [-0.3, -0.25) is 0 Å². The Kier molecular flexibility index (Phi) is 6.81. The zero-order chi connectivity index (χ0) is 33.7. The summed E-state index contributed by atoms with van der Waals surface area (Å²) >= 11 is 0. The van der Waals surface area contributed by atoms with E-state index in [1.807, 2.05) is 18.2 Å². The van der Waals surface area contributed by atoms with Crippen LogP contribution in [0.2, 0.25) is 0 Å². The number of nitrogens with zero attached hydrogens (tertiary/aromatic N) is 1. The lowest BCUT2D eigenvalue weighted by Crippen LogP contribution is -2.11. The molecule has 51 heavy (non-hydrogen) atoms. The molecule has 2 heterocycles. The number of anilines is 3. The monoisotopic (exact) mass is 653 g/mol. The minimum atomic E-state index is 0.848. The zero-order valence-corrected chi connectivity index (χ0v) is 27.7. The molecule has 0 atom stereocenters. The molecule has 0 amide bonds. The first-order valence-electron chi connectivity index (χ1n) is 17.3. The van der Waals surface area contributed by atoms with Crippen molar-refractivity contribution in [3.05, 3.63) is 188 Å². The molecule has 240 valence electrons. The Morgan fingerprint density at radius 1 is 0.333 bits per heavy atom. The molecule has 0 aliphatic heterocycles. The van der Waals surface area contributed by atoms with Crippen molar-refractivity contribution in [2.24, 2.45) is 0 Å². The molecule has 3 nitrogen and oxygen atoms in total. The number of furan rings is 2. The van der Waals surface area contributed by atoms with Gasteiger partial charge >= 0.3 is 0 Å². The van der Waals surface area contributed by atoms with Crippen LogP contribution in [0, 0.1) is 0 Å². The van der Waals surface area contributed by atoms with Crippen molar-refractivity contribution in [1.29, 1.82) is 0 Å². The van der Waals surface area contributed by atoms with Gasteiger partial charge in [-0.1, -0.05) is 133 Å². The highest BCUT2D eigenvalue weighted by Gasteiger charge is 2.25. The van der Waals surface area contributed by atoms with E-state index in [1.54, 1.807) is 0 Å². The van der Waals surface area contributed by atoms with Crippen LogP contribution in [0.3, 0.4) is 0 Å². The standard InChI is InChI=1S/C48H31NO2/c1-3-13-32(14-4-1)33-23-25-35(26-24-33)49(36-27-28-39-38-18-9-11-21-43(38)51-46(39)31-36)42-29-30-45-48(41-20-10-12-22-44(41)50-45)47(42)40-19-8-7-17-37(40)34-15-5-2-6-16-34/h1-31H. The highest BCUT2D eigenvalue weighted by molar-refractivity contribution is 6.18. The van der Waals surface area contributed by atoms with Crippen molar-refractivity contribution in [1.82, 2.24) is 0 Å². The molecule has 0 saturated carbocycles. The van der Waals surface area contributed by atoms with Crippen LogP contribution in [0.15, 0.2) is 197 Å². The smallest absolute Gasteiger partial charge is 0.137 e. The number of benzene rings is 8. The van der Waals surface area contributed by atoms with Crippen molar-refractivity contribution in [2.45, 2.75) is 0 Å². The molecule has 3 heteroatoms. The number of rotatable bonds is 6. The van der Waals surface area contributed by atoms with Crippen molar-refractivity contribution >= 4 is 60.9 Å². The topological polar surface area (TPSA) is 29.5 Å². The van der Waals surface area contributed by atoms with E-state index in [0.29, 0.717) is 0 Å². The largest absolute Gasteiger partial charge is 0.456 e. The summed E-state index contributed by atoms with van der Waals surface area (Å²) in [6, 6.07) is 66.2. The number of fused-ring (bicyclic) bond motifs is 6. The van der Waals surface area contributed by atoms with Crippen molar-refractivity contribution in [3.63, 3.8) is 0 Å². The Bertz CT molecular complexity index is 2850. The highest BCUT2D eigenvalue weighted by Crippen LogP contribution is 2.49. The summed E-state index contributed by atoms with van der Waals surface area (Å²) in [6.45, 7) is 0. The Morgan fingerprint density at radius 3 is 1.65 bits per heavy atom. The van der Waals surface area contributed by atoms with Crippen molar-refractivity contribution in [2.75, 3.05) is 4.90 Å². The highest BCUT2D eigenvalue weighted by atomic mass is 16.3. The fourth-order valence-corrected chi connectivity index (χ4v) is 7.55. The van der Waals surface area contributed by atoms with Crippen LogP contribution in [0.4, 0.5) is 17.1 Å². The Labute approximate surface area is 295 Å². The number of para-hydroxylation sites is 2. The van der Waals surface area contributed by atoms with Gasteiger partial charge < -0.3 is 13.7 Å². The van der Waals surface area contributed by atoms with Gasteiger partial charge in [-0.15, -0.1) is 0 Å². The van der Waals surface area contributed by atoms with Gasteiger partial charge in [0.05, 0.1) is 5.69 Å². The summed E-state index contributed by atoms with van der Waals surface area (Å²) in [5, 5.41) is 4.38. The lowest BCUT2D eigenvalue weighted by atomic mass is 9.90. The first-order chi connectivity index (χ1) is 25.3. The van der Waals surface area contributed by atoms with Gasteiger partial charge in [-0.2, -0.15) is 0 Å². The first-order valence-corrected chi connectivity index (χ1v) is 17.3. The number of hydrogen-bond donors (Lipinski definition) is 0. The molecular weight excluding hydrogens is 623 g/mol. The quantitative estimate of drug-likeness (QED) is 0.179. The maximum absolute atomic E-state index is 6.53. The van der Waals surface area contributed by atoms with Crippen LogP contribution in [0.25, 0.3) is 77.3 Å². The third-order valence-corrected chi connectivity index (χ3v) is 9.90. The molecule has 0 N–H and O–H groups in total. The first kappa shape index (κ1) is 29.1. The molecule has 8 aromatic carbocycles. The molecular formula is C48H31NO2. The molecule has 0 aliphatic carbocycles. The SMILES string of the molecule is c1ccc(-c2ccc(N(c3ccc4c(c3)oc3ccccc34)c3ccc4oc5ccccc5c4c3-c3ccccc3-c3ccccc3)cc2)cc1. The minimum Gasteiger partial charge on any atom is -0.456 e. The number of hydrogen-bond acceptors (Lipinski definition) is 3. The molecule has 0 spiro atoms. The van der Waals surface area contributed by atoms with Crippen LogP contribution in [-0.2, 0) is 0 Å². The molecule has 0 aliphatic rings. The lowest BCUT2D eigenvalue weighted by molar-refractivity contribution is 0.668. The van der Waals surface area contributed by atoms with Gasteiger partial charge in [0.1, 0.15) is 22.3 Å². The van der Waals surface area contributed by atoms with E-state index in [2.05, 4.69) is 175 Å². The van der Waals surface area contributed by atoms with Gasteiger partial charge in [0, 0.05) is 44.5 Å². The Hall–Kier alpha value is -6.84. The maximum Gasteiger partial charge on any atom is 0.137 e. The lowest BCUT2D eigenvalue weighted by Gasteiger charge is -2.29. The van der Waals surface area contributed by atoms with Gasteiger partial charge in [-0.25, -0.2) is 0 Å². The predicted octanol–water partition coefficient (Wildman–Crippen LogP) is 14.0. The second kappa shape index (κ2) is 11.9. The van der Waals surface area contributed by atoms with Crippen molar-refractivity contribution < 1.29 is 8.83 Å². The minimum absolute atomic E-state index is 0.848. The summed E-state index contributed by atoms with van der Waals surface area (Å²) in [4.78, 5) is 2.36. The fraction of sp³-hybridized carbons (Fsp3) is 0. The van der Waals surface area contributed by atoms with E-state index in [0.717, 1.165) is 88.8 Å². The van der Waals surface area contributed by atoms with E-state index in [-0.39, 0.29) is 0 Å². The van der Waals surface area contributed by atoms with Crippen LogP contribution >= 0.6 is 0 Å². The van der Waals surface area contributed by atoms with Crippen LogP contribution < -0.4 is 4.90 Å². The average Bonchev–Trinajstić information content (AvgIpc) is 3.77. The molecule has 10 aromatic rings. The second-order valence-electron chi connectivity index (χ2n) is 12.9. The fourth-order valence-electron chi connectivity index (χ4n) is 7.55. The van der Waals surface area contributed by atoms with Gasteiger partial charge in [0.15, 0.2) is 0 Å². The molecule has 2 aromatic heterocycles. The summed E-state index contributed by atoms with van der Waals surface area (Å²) < 4.78 is 13.0. The van der Waals surface area contributed by atoms with Crippen LogP contribution in [-0.4, -0.2) is 0 Å². The molecule has 10 rings (SSSR count). The molecule has 0 bridgehead atoms.